The smallest absolute Gasteiger partial charge is 0.416 e. The Morgan fingerprint density at radius 3 is 2.23 bits per heavy atom. The second kappa shape index (κ2) is 8.87. The van der Waals surface area contributed by atoms with E-state index >= 15 is 0 Å². The van der Waals surface area contributed by atoms with Gasteiger partial charge in [0.2, 0.25) is 0 Å². The van der Waals surface area contributed by atoms with Crippen molar-refractivity contribution in [3.63, 3.8) is 0 Å². The van der Waals surface area contributed by atoms with E-state index in [1.165, 1.54) is 23.1 Å². The number of piperidine rings is 1. The predicted octanol–water partition coefficient (Wildman–Crippen LogP) is 4.60. The normalized spacial score (nSPS) is 14.9. The van der Waals surface area contributed by atoms with Gasteiger partial charge in [0.1, 0.15) is 5.75 Å². The molecule has 2 amide bonds. The van der Waals surface area contributed by atoms with Crippen molar-refractivity contribution in [1.82, 2.24) is 4.90 Å². The van der Waals surface area contributed by atoms with Crippen LogP contribution in [0.5, 0.6) is 5.75 Å². The number of nitrogens with zero attached hydrogens (tertiary/aromatic N) is 2. The van der Waals surface area contributed by atoms with Gasteiger partial charge in [-0.25, -0.2) is 4.79 Å². The molecule has 0 radical (unpaired) electrons. The SMILES string of the molecule is CN(C)c1ccc(C(F)(F)F)cc1NC(=O)N1CCC(C(=O)c2ccc(O)cc2)CC1. The zero-order valence-corrected chi connectivity index (χ0v) is 17.2. The Morgan fingerprint density at radius 1 is 1.06 bits per heavy atom. The van der Waals surface area contributed by atoms with Crippen LogP contribution in [-0.2, 0) is 6.18 Å². The first kappa shape index (κ1) is 22.5. The standard InChI is InChI=1S/C22H24F3N3O3/c1-27(2)19-8-5-16(22(23,24)25)13-18(19)26-21(31)28-11-9-15(10-12-28)20(30)14-3-6-17(29)7-4-14/h3-8,13,15,29H,9-12H2,1-2H3,(H,26,31). The maximum Gasteiger partial charge on any atom is 0.416 e. The first-order chi connectivity index (χ1) is 14.6. The number of carbonyl (C=O) groups is 2. The number of phenolic OH excluding ortho intramolecular Hbond substituents is 1. The molecule has 6 nitrogen and oxygen atoms in total. The molecule has 2 aromatic carbocycles. The minimum absolute atomic E-state index is 0.0483. The molecule has 0 atom stereocenters. The van der Waals surface area contributed by atoms with Crippen LogP contribution < -0.4 is 10.2 Å². The number of rotatable bonds is 4. The molecule has 3 rings (SSSR count). The molecule has 0 saturated carbocycles. The lowest BCUT2D eigenvalue weighted by Crippen LogP contribution is -2.42. The Hall–Kier alpha value is -3.23. The van der Waals surface area contributed by atoms with E-state index in [0.717, 1.165) is 12.1 Å². The number of benzene rings is 2. The number of alkyl halides is 3. The average Bonchev–Trinajstić information content (AvgIpc) is 2.73. The number of phenols is 1. The second-order valence-corrected chi connectivity index (χ2v) is 7.73. The minimum atomic E-state index is -4.52. The Morgan fingerprint density at radius 2 is 1.68 bits per heavy atom. The fourth-order valence-corrected chi connectivity index (χ4v) is 3.60. The van der Waals surface area contributed by atoms with Crippen molar-refractivity contribution >= 4 is 23.2 Å². The molecule has 0 spiro atoms. The van der Waals surface area contributed by atoms with E-state index in [2.05, 4.69) is 5.32 Å². The summed E-state index contributed by atoms with van der Waals surface area (Å²) in [6.07, 6.45) is -3.61. The first-order valence-electron chi connectivity index (χ1n) is 9.84. The van der Waals surface area contributed by atoms with Gasteiger partial charge >= 0.3 is 12.2 Å². The summed E-state index contributed by atoms with van der Waals surface area (Å²) in [5.74, 6) is -0.220. The molecule has 2 N–H and O–H groups in total. The summed E-state index contributed by atoms with van der Waals surface area (Å²) in [7, 11) is 3.36. The molecule has 1 aliphatic rings. The van der Waals surface area contributed by atoms with Crippen LogP contribution in [0.4, 0.5) is 29.3 Å². The van der Waals surface area contributed by atoms with Crippen LogP contribution in [0.3, 0.4) is 0 Å². The quantitative estimate of drug-likeness (QED) is 0.689. The van der Waals surface area contributed by atoms with Crippen molar-refractivity contribution in [2.45, 2.75) is 19.0 Å². The van der Waals surface area contributed by atoms with Crippen LogP contribution in [0.25, 0.3) is 0 Å². The maximum absolute atomic E-state index is 13.1. The molecule has 9 heteroatoms. The van der Waals surface area contributed by atoms with Gasteiger partial charge in [0, 0.05) is 38.7 Å². The van der Waals surface area contributed by atoms with E-state index in [1.54, 1.807) is 31.1 Å². The van der Waals surface area contributed by atoms with Crippen molar-refractivity contribution in [3.8, 4) is 5.75 Å². The van der Waals surface area contributed by atoms with Gasteiger partial charge in [-0.1, -0.05) is 0 Å². The highest BCUT2D eigenvalue weighted by Gasteiger charge is 2.32. The molecule has 1 aliphatic heterocycles. The number of aromatic hydroxyl groups is 1. The van der Waals surface area contributed by atoms with Gasteiger partial charge in [-0.2, -0.15) is 13.2 Å². The van der Waals surface area contributed by atoms with Crippen LogP contribution in [-0.4, -0.2) is 49.0 Å². The summed E-state index contributed by atoms with van der Waals surface area (Å²) < 4.78 is 39.3. The third-order valence-electron chi connectivity index (χ3n) is 5.35. The van der Waals surface area contributed by atoms with E-state index in [9.17, 15) is 27.9 Å². The third kappa shape index (κ3) is 5.28. The number of likely N-dealkylation sites (tertiary alicyclic amines) is 1. The highest BCUT2D eigenvalue weighted by molar-refractivity contribution is 5.98. The molecular weight excluding hydrogens is 411 g/mol. The molecule has 2 aromatic rings. The van der Waals surface area contributed by atoms with Crippen molar-refractivity contribution in [2.24, 2.45) is 5.92 Å². The predicted molar refractivity (Wildman–Crippen MR) is 112 cm³/mol. The number of carbonyl (C=O) groups excluding carboxylic acids is 2. The fourth-order valence-electron chi connectivity index (χ4n) is 3.60. The molecule has 0 unspecified atom stereocenters. The Bertz CT molecular complexity index is 951. The highest BCUT2D eigenvalue weighted by Crippen LogP contribution is 2.35. The summed E-state index contributed by atoms with van der Waals surface area (Å²) in [6.45, 7) is 0.632. The molecule has 166 valence electrons. The van der Waals surface area contributed by atoms with Crippen molar-refractivity contribution < 1.29 is 27.9 Å². The van der Waals surface area contributed by atoms with Gasteiger partial charge < -0.3 is 20.2 Å². The van der Waals surface area contributed by atoms with Crippen LogP contribution in [0.1, 0.15) is 28.8 Å². The first-order valence-corrected chi connectivity index (χ1v) is 9.84. The number of halogens is 3. The Kier molecular flexibility index (Phi) is 6.42. The number of amides is 2. The zero-order valence-electron chi connectivity index (χ0n) is 17.2. The molecule has 1 saturated heterocycles. The molecule has 1 heterocycles. The summed E-state index contributed by atoms with van der Waals surface area (Å²) in [6, 6.07) is 8.75. The largest absolute Gasteiger partial charge is 0.508 e. The van der Waals surface area contributed by atoms with Crippen molar-refractivity contribution in [1.29, 1.82) is 0 Å². The van der Waals surface area contributed by atoms with Crippen molar-refractivity contribution in [2.75, 3.05) is 37.4 Å². The van der Waals surface area contributed by atoms with Gasteiger partial charge in [-0.05, 0) is 55.3 Å². The molecule has 1 fully saturated rings. The number of hydrogen-bond acceptors (Lipinski definition) is 4. The van der Waals surface area contributed by atoms with Gasteiger partial charge in [-0.3, -0.25) is 4.79 Å². The summed E-state index contributed by atoms with van der Waals surface area (Å²) >= 11 is 0. The molecule has 0 aromatic heterocycles. The zero-order chi connectivity index (χ0) is 22.8. The number of Topliss-reactive ketones (excluding diaryl/α,β-unsaturated/α-hetero) is 1. The van der Waals surface area contributed by atoms with Crippen molar-refractivity contribution in [3.05, 3.63) is 53.6 Å². The summed E-state index contributed by atoms with van der Waals surface area (Å²) in [4.78, 5) is 28.4. The maximum atomic E-state index is 13.1. The molecule has 0 aliphatic carbocycles. The van der Waals surface area contributed by atoms with Gasteiger partial charge in [-0.15, -0.1) is 0 Å². The van der Waals surface area contributed by atoms with Crippen LogP contribution >= 0.6 is 0 Å². The van der Waals surface area contributed by atoms with Gasteiger partial charge in [0.05, 0.1) is 16.9 Å². The topological polar surface area (TPSA) is 72.9 Å². The lowest BCUT2D eigenvalue weighted by Gasteiger charge is -2.32. The lowest BCUT2D eigenvalue weighted by molar-refractivity contribution is -0.137. The average molecular weight is 435 g/mol. The van der Waals surface area contributed by atoms with E-state index in [4.69, 9.17) is 0 Å². The van der Waals surface area contributed by atoms with E-state index in [-0.39, 0.29) is 23.1 Å². The second-order valence-electron chi connectivity index (χ2n) is 7.73. The Labute approximate surface area is 178 Å². The number of ketones is 1. The van der Waals surface area contributed by atoms with Gasteiger partial charge in [0.15, 0.2) is 5.78 Å². The molecule has 0 bridgehead atoms. The summed E-state index contributed by atoms with van der Waals surface area (Å²) in [5.41, 5.74) is 0.192. The van der Waals surface area contributed by atoms with E-state index in [1.807, 2.05) is 0 Å². The Balaban J connectivity index is 1.66. The minimum Gasteiger partial charge on any atom is -0.508 e. The molecule has 31 heavy (non-hydrogen) atoms. The monoisotopic (exact) mass is 435 g/mol. The number of nitrogens with one attached hydrogen (secondary N) is 1. The van der Waals surface area contributed by atoms with Crippen LogP contribution in [0.15, 0.2) is 42.5 Å². The van der Waals surface area contributed by atoms with Crippen LogP contribution in [0, 0.1) is 5.92 Å². The molecular formula is C22H24F3N3O3. The number of anilines is 2. The van der Waals surface area contributed by atoms with E-state index in [0.29, 0.717) is 37.2 Å². The highest BCUT2D eigenvalue weighted by atomic mass is 19.4. The lowest BCUT2D eigenvalue weighted by atomic mass is 9.89. The number of urea groups is 1. The van der Waals surface area contributed by atoms with Crippen LogP contribution in [0.2, 0.25) is 0 Å². The van der Waals surface area contributed by atoms with Gasteiger partial charge in [0.25, 0.3) is 0 Å². The summed E-state index contributed by atoms with van der Waals surface area (Å²) in [5, 5.41) is 11.9. The third-order valence-corrected chi connectivity index (χ3v) is 5.35. The number of hydrogen-bond donors (Lipinski definition) is 2. The van der Waals surface area contributed by atoms with E-state index < -0.39 is 17.8 Å². The fraction of sp³-hybridized carbons (Fsp3) is 0.364.